The number of aromatic hydroxyl groups is 1. The van der Waals surface area contributed by atoms with E-state index in [0.717, 1.165) is 16.9 Å². The van der Waals surface area contributed by atoms with Crippen LogP contribution in [0.1, 0.15) is 25.8 Å². The first-order valence-corrected chi connectivity index (χ1v) is 9.69. The first-order chi connectivity index (χ1) is 14.5. The summed E-state index contributed by atoms with van der Waals surface area (Å²) in [4.78, 5) is 33.7. The number of nitrogens with one attached hydrogen (secondary N) is 2. The molecule has 0 aliphatic heterocycles. The predicted molar refractivity (Wildman–Crippen MR) is 113 cm³/mol. The van der Waals surface area contributed by atoms with E-state index in [1.54, 1.807) is 49.4 Å². The van der Waals surface area contributed by atoms with Gasteiger partial charge in [-0.05, 0) is 42.8 Å². The first-order valence-electron chi connectivity index (χ1n) is 8.87. The SMILES string of the molecule is Cc1cc(NC(=O)c2ccco2)sc1C(=O)Nc1cnc(-c2cccc(O)c2)nc1. The third-order valence-electron chi connectivity index (χ3n) is 4.12. The summed E-state index contributed by atoms with van der Waals surface area (Å²) in [5.41, 5.74) is 1.82. The number of hydrogen-bond donors (Lipinski definition) is 3. The molecule has 0 unspecified atom stereocenters. The van der Waals surface area contributed by atoms with Gasteiger partial charge in [0.2, 0.25) is 0 Å². The highest BCUT2D eigenvalue weighted by atomic mass is 32.1. The quantitative estimate of drug-likeness (QED) is 0.443. The molecule has 4 rings (SSSR count). The highest BCUT2D eigenvalue weighted by Crippen LogP contribution is 2.28. The average Bonchev–Trinajstić information content (AvgIpc) is 3.38. The standard InChI is InChI=1S/C21H16N4O4S/c1-12-8-17(25-20(27)16-6-3-7-29-16)30-18(12)21(28)24-14-10-22-19(23-11-14)13-4-2-5-15(26)9-13/h2-11,26H,1H3,(H,24,28)(H,25,27). The van der Waals surface area contributed by atoms with Crippen molar-refractivity contribution in [2.45, 2.75) is 6.92 Å². The minimum absolute atomic E-state index is 0.122. The average molecular weight is 420 g/mol. The van der Waals surface area contributed by atoms with E-state index in [1.165, 1.54) is 18.7 Å². The second-order valence-corrected chi connectivity index (χ2v) is 7.41. The summed E-state index contributed by atoms with van der Waals surface area (Å²) in [5.74, 6) is 0.0283. The molecule has 0 aliphatic rings. The fourth-order valence-corrected chi connectivity index (χ4v) is 3.69. The first kappa shape index (κ1) is 19.3. The van der Waals surface area contributed by atoms with E-state index in [0.29, 0.717) is 27.0 Å². The van der Waals surface area contributed by atoms with Gasteiger partial charge >= 0.3 is 0 Å². The molecule has 0 radical (unpaired) electrons. The van der Waals surface area contributed by atoms with E-state index in [1.807, 2.05) is 0 Å². The van der Waals surface area contributed by atoms with Gasteiger partial charge in [0.15, 0.2) is 11.6 Å². The predicted octanol–water partition coefficient (Wildman–Crippen LogP) is 4.32. The molecule has 9 heteroatoms. The van der Waals surface area contributed by atoms with Crippen molar-refractivity contribution in [1.29, 1.82) is 0 Å². The van der Waals surface area contributed by atoms with Gasteiger partial charge in [0, 0.05) is 5.56 Å². The maximum absolute atomic E-state index is 12.6. The van der Waals surface area contributed by atoms with Crippen LogP contribution in [0.15, 0.2) is 65.5 Å². The number of benzene rings is 1. The van der Waals surface area contributed by atoms with Crippen LogP contribution in [0.25, 0.3) is 11.4 Å². The number of thiophene rings is 1. The smallest absolute Gasteiger partial charge is 0.291 e. The molecule has 150 valence electrons. The van der Waals surface area contributed by atoms with Crippen molar-refractivity contribution in [3.05, 3.63) is 77.3 Å². The summed E-state index contributed by atoms with van der Waals surface area (Å²) in [6.45, 7) is 1.79. The molecule has 0 bridgehead atoms. The van der Waals surface area contributed by atoms with Crippen LogP contribution < -0.4 is 10.6 Å². The van der Waals surface area contributed by atoms with Gasteiger partial charge in [0.05, 0.1) is 34.2 Å². The Morgan fingerprint density at radius 3 is 2.53 bits per heavy atom. The van der Waals surface area contributed by atoms with Crippen LogP contribution in [0, 0.1) is 6.92 Å². The van der Waals surface area contributed by atoms with Crippen LogP contribution in [0.3, 0.4) is 0 Å². The molecule has 8 nitrogen and oxygen atoms in total. The molecule has 3 aromatic heterocycles. The minimum Gasteiger partial charge on any atom is -0.508 e. The van der Waals surface area contributed by atoms with Gasteiger partial charge in [-0.2, -0.15) is 0 Å². The molecular weight excluding hydrogens is 404 g/mol. The number of hydrogen-bond acceptors (Lipinski definition) is 7. The zero-order chi connectivity index (χ0) is 21.1. The zero-order valence-electron chi connectivity index (χ0n) is 15.7. The maximum Gasteiger partial charge on any atom is 0.291 e. The van der Waals surface area contributed by atoms with Crippen LogP contribution in [0.5, 0.6) is 5.75 Å². The Labute approximate surface area is 175 Å². The van der Waals surface area contributed by atoms with Crippen molar-refractivity contribution < 1.29 is 19.1 Å². The summed E-state index contributed by atoms with van der Waals surface area (Å²) < 4.78 is 5.06. The Balaban J connectivity index is 1.45. The molecule has 0 atom stereocenters. The second kappa shape index (κ2) is 8.18. The van der Waals surface area contributed by atoms with Gasteiger partial charge in [0.25, 0.3) is 11.8 Å². The summed E-state index contributed by atoms with van der Waals surface area (Å²) in [5, 5.41) is 15.6. The number of carbonyl (C=O) groups is 2. The van der Waals surface area contributed by atoms with E-state index >= 15 is 0 Å². The number of rotatable bonds is 5. The molecule has 1 aromatic carbocycles. The van der Waals surface area contributed by atoms with Gasteiger partial charge in [-0.3, -0.25) is 9.59 Å². The Kier molecular flexibility index (Phi) is 5.27. The van der Waals surface area contributed by atoms with E-state index < -0.39 is 0 Å². The number of phenols is 1. The number of nitrogens with zero attached hydrogens (tertiary/aromatic N) is 2. The van der Waals surface area contributed by atoms with Crippen LogP contribution in [-0.4, -0.2) is 26.9 Å². The monoisotopic (exact) mass is 420 g/mol. The lowest BCUT2D eigenvalue weighted by molar-refractivity contribution is 0.0995. The van der Waals surface area contributed by atoms with Gasteiger partial charge in [-0.25, -0.2) is 9.97 Å². The Morgan fingerprint density at radius 2 is 1.83 bits per heavy atom. The normalized spacial score (nSPS) is 10.6. The van der Waals surface area contributed by atoms with Gasteiger partial charge in [-0.1, -0.05) is 12.1 Å². The molecule has 0 spiro atoms. The second-order valence-electron chi connectivity index (χ2n) is 6.35. The van der Waals surface area contributed by atoms with E-state index in [2.05, 4.69) is 20.6 Å². The molecule has 0 aliphatic carbocycles. The van der Waals surface area contributed by atoms with Gasteiger partial charge in [-0.15, -0.1) is 11.3 Å². The minimum atomic E-state index is -0.385. The van der Waals surface area contributed by atoms with Crippen molar-refractivity contribution >= 4 is 33.8 Å². The lowest BCUT2D eigenvalue weighted by atomic mass is 10.2. The lowest BCUT2D eigenvalue weighted by Gasteiger charge is -2.05. The van der Waals surface area contributed by atoms with Crippen molar-refractivity contribution in [1.82, 2.24) is 9.97 Å². The molecule has 3 N–H and O–H groups in total. The molecule has 2 amide bonds. The summed E-state index contributed by atoms with van der Waals surface area (Å²) in [6, 6.07) is 11.5. The van der Waals surface area contributed by atoms with Crippen molar-refractivity contribution in [3.8, 4) is 17.1 Å². The highest BCUT2D eigenvalue weighted by molar-refractivity contribution is 7.18. The Hall–Kier alpha value is -3.98. The molecular formula is C21H16N4O4S. The third kappa shape index (κ3) is 4.20. The number of furan rings is 1. The number of amides is 2. The maximum atomic E-state index is 12.6. The number of anilines is 2. The summed E-state index contributed by atoms with van der Waals surface area (Å²) in [7, 11) is 0. The summed E-state index contributed by atoms with van der Waals surface area (Å²) >= 11 is 1.16. The number of carbonyl (C=O) groups excluding carboxylic acids is 2. The van der Waals surface area contributed by atoms with Crippen molar-refractivity contribution in [2.75, 3.05) is 10.6 Å². The topological polar surface area (TPSA) is 117 Å². The van der Waals surface area contributed by atoms with Gasteiger partial charge < -0.3 is 20.2 Å². The molecule has 3 heterocycles. The molecule has 30 heavy (non-hydrogen) atoms. The Morgan fingerprint density at radius 1 is 1.03 bits per heavy atom. The van der Waals surface area contributed by atoms with Gasteiger partial charge in [0.1, 0.15) is 5.75 Å². The van der Waals surface area contributed by atoms with E-state index in [4.69, 9.17) is 4.42 Å². The fraction of sp³-hybridized carbons (Fsp3) is 0.0476. The fourth-order valence-electron chi connectivity index (χ4n) is 2.72. The largest absolute Gasteiger partial charge is 0.508 e. The number of phenolic OH excluding ortho intramolecular Hbond substituents is 1. The lowest BCUT2D eigenvalue weighted by Crippen LogP contribution is -2.12. The molecule has 0 fully saturated rings. The van der Waals surface area contributed by atoms with Crippen LogP contribution >= 0.6 is 11.3 Å². The van der Waals surface area contributed by atoms with E-state index in [-0.39, 0.29) is 23.3 Å². The third-order valence-corrected chi connectivity index (χ3v) is 5.27. The Bertz CT molecular complexity index is 1200. The highest BCUT2D eigenvalue weighted by Gasteiger charge is 2.17. The number of aromatic nitrogens is 2. The number of aryl methyl sites for hydroxylation is 1. The zero-order valence-corrected chi connectivity index (χ0v) is 16.6. The molecule has 0 saturated carbocycles. The van der Waals surface area contributed by atoms with Crippen LogP contribution in [0.4, 0.5) is 10.7 Å². The van der Waals surface area contributed by atoms with Crippen LogP contribution in [0.2, 0.25) is 0 Å². The van der Waals surface area contributed by atoms with Crippen LogP contribution in [-0.2, 0) is 0 Å². The van der Waals surface area contributed by atoms with E-state index in [9.17, 15) is 14.7 Å². The van der Waals surface area contributed by atoms with Crippen molar-refractivity contribution in [2.24, 2.45) is 0 Å². The summed E-state index contributed by atoms with van der Waals surface area (Å²) in [6.07, 6.45) is 4.40. The molecule has 4 aromatic rings. The van der Waals surface area contributed by atoms with Crippen molar-refractivity contribution in [3.63, 3.8) is 0 Å². The molecule has 0 saturated heterocycles.